The van der Waals surface area contributed by atoms with E-state index in [-0.39, 0.29) is 11.8 Å². The molecule has 96 valence electrons. The van der Waals surface area contributed by atoms with Gasteiger partial charge in [-0.2, -0.15) is 5.10 Å². The number of aromatic nitrogens is 2. The minimum Gasteiger partial charge on any atom is -0.330 e. The third-order valence-electron chi connectivity index (χ3n) is 3.14. The van der Waals surface area contributed by atoms with Gasteiger partial charge < -0.3 is 5.73 Å². The van der Waals surface area contributed by atoms with Gasteiger partial charge in [0.15, 0.2) is 9.84 Å². The first kappa shape index (κ1) is 12.6. The van der Waals surface area contributed by atoms with Crippen molar-refractivity contribution in [2.24, 2.45) is 5.73 Å². The third kappa shape index (κ3) is 3.29. The number of hydrogen-bond acceptors (Lipinski definition) is 4. The Hall–Kier alpha value is -0.880. The fraction of sp³-hybridized carbons (Fsp3) is 0.727. The lowest BCUT2D eigenvalue weighted by Gasteiger charge is -2.22. The normalized spacial score (nSPS) is 23.7. The summed E-state index contributed by atoms with van der Waals surface area (Å²) in [4.78, 5) is 0. The number of nitrogens with zero attached hydrogens (tertiary/aromatic N) is 2. The van der Waals surface area contributed by atoms with Gasteiger partial charge in [0.25, 0.3) is 0 Å². The number of rotatable bonds is 4. The van der Waals surface area contributed by atoms with Crippen LogP contribution in [0.2, 0.25) is 0 Å². The van der Waals surface area contributed by atoms with Gasteiger partial charge in [-0.15, -0.1) is 0 Å². The molecule has 5 nitrogen and oxygen atoms in total. The lowest BCUT2D eigenvalue weighted by atomic mass is 10.2. The van der Waals surface area contributed by atoms with E-state index < -0.39 is 9.84 Å². The molecule has 1 aromatic heterocycles. The van der Waals surface area contributed by atoms with Crippen LogP contribution < -0.4 is 5.73 Å². The molecule has 0 aromatic carbocycles. The third-order valence-corrected chi connectivity index (χ3v) is 4.94. The summed E-state index contributed by atoms with van der Waals surface area (Å²) in [6, 6.07) is 0.0142. The van der Waals surface area contributed by atoms with Crippen molar-refractivity contribution in [1.29, 1.82) is 0 Å². The topological polar surface area (TPSA) is 78.0 Å². The van der Waals surface area contributed by atoms with Crippen LogP contribution in [-0.2, 0) is 16.3 Å². The Bertz CT molecular complexity index is 467. The molecule has 2 rings (SSSR count). The van der Waals surface area contributed by atoms with E-state index in [1.54, 1.807) is 0 Å². The minimum absolute atomic E-state index is 0.0142. The second-order valence-electron chi connectivity index (χ2n) is 4.63. The van der Waals surface area contributed by atoms with Crippen molar-refractivity contribution in [1.82, 2.24) is 9.78 Å². The van der Waals surface area contributed by atoms with Crippen LogP contribution in [0.5, 0.6) is 0 Å². The number of hydrogen-bond donors (Lipinski definition) is 1. The van der Waals surface area contributed by atoms with Gasteiger partial charge >= 0.3 is 0 Å². The summed E-state index contributed by atoms with van der Waals surface area (Å²) in [7, 11) is -2.87. The lowest BCUT2D eigenvalue weighted by molar-refractivity contribution is 0.435. The smallest absolute Gasteiger partial charge is 0.152 e. The summed E-state index contributed by atoms with van der Waals surface area (Å²) in [6.45, 7) is 0.670. The van der Waals surface area contributed by atoms with Gasteiger partial charge in [0.2, 0.25) is 0 Å². The highest BCUT2D eigenvalue weighted by Gasteiger charge is 2.26. The minimum atomic E-state index is -2.87. The van der Waals surface area contributed by atoms with Crippen LogP contribution in [0.3, 0.4) is 0 Å². The standard InChI is InChI=1S/C11H19N3O2S/c12-5-1-3-10-7-13-14(8-10)11-4-2-6-17(15,16)9-11/h7-8,11H,1-6,9,12H2. The molecule has 0 spiro atoms. The van der Waals surface area contributed by atoms with Crippen LogP contribution in [0, 0.1) is 0 Å². The molecular weight excluding hydrogens is 238 g/mol. The summed E-state index contributed by atoms with van der Waals surface area (Å²) < 4.78 is 24.9. The van der Waals surface area contributed by atoms with Crippen molar-refractivity contribution in [2.75, 3.05) is 18.1 Å². The first-order chi connectivity index (χ1) is 8.11. The highest BCUT2D eigenvalue weighted by molar-refractivity contribution is 7.91. The molecule has 1 fully saturated rings. The summed E-state index contributed by atoms with van der Waals surface area (Å²) in [5, 5.41) is 4.27. The predicted molar refractivity (Wildman–Crippen MR) is 66.5 cm³/mol. The SMILES string of the molecule is NCCCc1cnn(C2CCCS(=O)(=O)C2)c1. The Morgan fingerprint density at radius 2 is 2.35 bits per heavy atom. The van der Waals surface area contributed by atoms with Gasteiger partial charge in [0.05, 0.1) is 23.7 Å². The first-order valence-electron chi connectivity index (χ1n) is 6.04. The van der Waals surface area contributed by atoms with Gasteiger partial charge in [-0.1, -0.05) is 0 Å². The van der Waals surface area contributed by atoms with E-state index >= 15 is 0 Å². The fourth-order valence-corrected chi connectivity index (χ4v) is 3.90. The maximum absolute atomic E-state index is 11.6. The second kappa shape index (κ2) is 5.18. The highest BCUT2D eigenvalue weighted by Crippen LogP contribution is 2.22. The number of sulfone groups is 1. The van der Waals surface area contributed by atoms with E-state index in [9.17, 15) is 8.42 Å². The van der Waals surface area contributed by atoms with Crippen molar-refractivity contribution in [3.63, 3.8) is 0 Å². The molecule has 1 saturated heterocycles. The molecule has 1 aliphatic heterocycles. The molecule has 1 aliphatic rings. The predicted octanol–water partition coefficient (Wildman–Crippen LogP) is 0.524. The van der Waals surface area contributed by atoms with Crippen molar-refractivity contribution >= 4 is 9.84 Å². The zero-order valence-corrected chi connectivity index (χ0v) is 10.7. The van der Waals surface area contributed by atoms with E-state index in [0.29, 0.717) is 12.3 Å². The molecular formula is C11H19N3O2S. The van der Waals surface area contributed by atoms with Gasteiger partial charge in [-0.3, -0.25) is 4.68 Å². The molecule has 1 unspecified atom stereocenters. The molecule has 0 bridgehead atoms. The fourth-order valence-electron chi connectivity index (χ4n) is 2.22. The Balaban J connectivity index is 2.04. The second-order valence-corrected chi connectivity index (χ2v) is 6.86. The molecule has 0 radical (unpaired) electrons. The monoisotopic (exact) mass is 257 g/mol. The molecule has 1 atom stereocenters. The van der Waals surface area contributed by atoms with Gasteiger partial charge in [-0.25, -0.2) is 8.42 Å². The number of aryl methyl sites for hydroxylation is 1. The zero-order valence-electron chi connectivity index (χ0n) is 9.88. The molecule has 2 heterocycles. The van der Waals surface area contributed by atoms with Gasteiger partial charge in [0, 0.05) is 6.20 Å². The summed E-state index contributed by atoms with van der Waals surface area (Å²) in [6.07, 6.45) is 7.27. The average molecular weight is 257 g/mol. The molecule has 6 heteroatoms. The molecule has 0 aliphatic carbocycles. The maximum atomic E-state index is 11.6. The van der Waals surface area contributed by atoms with Crippen molar-refractivity contribution in [3.8, 4) is 0 Å². The van der Waals surface area contributed by atoms with Crippen LogP contribution in [-0.4, -0.2) is 36.2 Å². The van der Waals surface area contributed by atoms with Crippen LogP contribution in [0.25, 0.3) is 0 Å². The average Bonchev–Trinajstić information content (AvgIpc) is 2.73. The van der Waals surface area contributed by atoms with Crippen molar-refractivity contribution in [2.45, 2.75) is 31.7 Å². The van der Waals surface area contributed by atoms with E-state index in [2.05, 4.69) is 5.10 Å². The van der Waals surface area contributed by atoms with Crippen molar-refractivity contribution < 1.29 is 8.42 Å². The summed E-state index contributed by atoms with van der Waals surface area (Å²) in [5.41, 5.74) is 6.59. The van der Waals surface area contributed by atoms with Crippen molar-refractivity contribution in [3.05, 3.63) is 18.0 Å². The largest absolute Gasteiger partial charge is 0.330 e. The Labute approximate surface area is 102 Å². The molecule has 1 aromatic rings. The molecule has 17 heavy (non-hydrogen) atoms. The summed E-state index contributed by atoms with van der Waals surface area (Å²) in [5.74, 6) is 0.551. The Morgan fingerprint density at radius 1 is 1.53 bits per heavy atom. The van der Waals surface area contributed by atoms with E-state index in [1.165, 1.54) is 0 Å². The molecule has 0 amide bonds. The summed E-state index contributed by atoms with van der Waals surface area (Å²) >= 11 is 0. The van der Waals surface area contributed by atoms with Gasteiger partial charge in [-0.05, 0) is 37.8 Å². The Kier molecular flexibility index (Phi) is 3.83. The van der Waals surface area contributed by atoms with Crippen LogP contribution >= 0.6 is 0 Å². The zero-order chi connectivity index (χ0) is 12.3. The Morgan fingerprint density at radius 3 is 3.06 bits per heavy atom. The van der Waals surface area contributed by atoms with E-state index in [4.69, 9.17) is 5.73 Å². The lowest BCUT2D eigenvalue weighted by Crippen LogP contribution is -2.27. The molecule has 2 N–H and O–H groups in total. The van der Waals surface area contributed by atoms with Crippen LogP contribution in [0.4, 0.5) is 0 Å². The van der Waals surface area contributed by atoms with Crippen LogP contribution in [0.1, 0.15) is 30.9 Å². The van der Waals surface area contributed by atoms with E-state index in [0.717, 1.165) is 31.2 Å². The highest BCUT2D eigenvalue weighted by atomic mass is 32.2. The van der Waals surface area contributed by atoms with Gasteiger partial charge in [0.1, 0.15) is 0 Å². The first-order valence-corrected chi connectivity index (χ1v) is 7.86. The maximum Gasteiger partial charge on any atom is 0.152 e. The van der Waals surface area contributed by atoms with E-state index in [1.807, 2.05) is 17.1 Å². The number of nitrogens with two attached hydrogens (primary N) is 1. The molecule has 0 saturated carbocycles. The quantitative estimate of drug-likeness (QED) is 0.853. The van der Waals surface area contributed by atoms with Crippen LogP contribution in [0.15, 0.2) is 12.4 Å².